The van der Waals surface area contributed by atoms with Crippen molar-refractivity contribution >= 4 is 29.1 Å². The highest BCUT2D eigenvalue weighted by atomic mass is 32.2. The van der Waals surface area contributed by atoms with Crippen LogP contribution in [0.1, 0.15) is 17.1 Å². The van der Waals surface area contributed by atoms with E-state index in [-0.39, 0.29) is 6.03 Å². The van der Waals surface area contributed by atoms with E-state index in [1.165, 1.54) is 4.90 Å². The highest BCUT2D eigenvalue weighted by molar-refractivity contribution is 7.99. The van der Waals surface area contributed by atoms with Crippen molar-refractivity contribution in [3.05, 3.63) is 46.4 Å². The standard InChI is InChI=1S/C16H21N3OS2/c1-13-18-14(12-22-13)11-17-16(20)19(2)9-6-10-21-15-7-4-3-5-8-15/h3-5,7-8,12H,6,9-11H2,1-2H3,(H,17,20). The molecule has 2 amide bonds. The maximum Gasteiger partial charge on any atom is 0.317 e. The van der Waals surface area contributed by atoms with Crippen LogP contribution in [0.15, 0.2) is 40.6 Å². The van der Waals surface area contributed by atoms with Gasteiger partial charge in [-0.1, -0.05) is 18.2 Å². The van der Waals surface area contributed by atoms with Gasteiger partial charge in [0.25, 0.3) is 0 Å². The first-order valence-corrected chi connectivity index (χ1v) is 9.09. The van der Waals surface area contributed by atoms with Crippen molar-refractivity contribution in [2.75, 3.05) is 19.3 Å². The van der Waals surface area contributed by atoms with Gasteiger partial charge < -0.3 is 10.2 Å². The summed E-state index contributed by atoms with van der Waals surface area (Å²) in [6.45, 7) is 3.21. The third-order valence-corrected chi connectivity index (χ3v) is 5.00. The van der Waals surface area contributed by atoms with Gasteiger partial charge in [0.05, 0.1) is 17.2 Å². The molecule has 0 atom stereocenters. The van der Waals surface area contributed by atoms with E-state index in [2.05, 4.69) is 22.4 Å². The second-order valence-corrected chi connectivity index (χ2v) is 7.18. The van der Waals surface area contributed by atoms with E-state index in [4.69, 9.17) is 0 Å². The number of benzene rings is 1. The van der Waals surface area contributed by atoms with Gasteiger partial charge in [-0.15, -0.1) is 23.1 Å². The van der Waals surface area contributed by atoms with E-state index in [1.54, 1.807) is 16.2 Å². The van der Waals surface area contributed by atoms with Crippen LogP contribution in [-0.2, 0) is 6.54 Å². The number of carbonyl (C=O) groups excluding carboxylic acids is 1. The number of aryl methyl sites for hydroxylation is 1. The predicted octanol–water partition coefficient (Wildman–Crippen LogP) is 3.78. The molecule has 0 unspecified atom stereocenters. The number of hydrogen-bond acceptors (Lipinski definition) is 4. The Bertz CT molecular complexity index is 586. The highest BCUT2D eigenvalue weighted by Crippen LogP contribution is 2.17. The van der Waals surface area contributed by atoms with E-state index in [1.807, 2.05) is 49.3 Å². The molecule has 0 aliphatic carbocycles. The summed E-state index contributed by atoms with van der Waals surface area (Å²) in [6.07, 6.45) is 0.972. The molecule has 0 fully saturated rings. The first-order chi connectivity index (χ1) is 10.6. The molecular formula is C16H21N3OS2. The molecule has 1 aromatic carbocycles. The van der Waals surface area contributed by atoms with Crippen LogP contribution in [0.2, 0.25) is 0 Å². The fourth-order valence-electron chi connectivity index (χ4n) is 1.90. The Morgan fingerprint density at radius 3 is 2.82 bits per heavy atom. The molecule has 1 N–H and O–H groups in total. The molecule has 0 bridgehead atoms. The molecule has 0 saturated carbocycles. The minimum atomic E-state index is -0.0460. The number of amides is 2. The summed E-state index contributed by atoms with van der Waals surface area (Å²) < 4.78 is 0. The van der Waals surface area contributed by atoms with Gasteiger partial charge in [0, 0.05) is 23.9 Å². The van der Waals surface area contributed by atoms with Crippen LogP contribution >= 0.6 is 23.1 Å². The van der Waals surface area contributed by atoms with Crippen molar-refractivity contribution in [1.29, 1.82) is 0 Å². The fourth-order valence-corrected chi connectivity index (χ4v) is 3.37. The van der Waals surface area contributed by atoms with Gasteiger partial charge in [-0.05, 0) is 31.2 Å². The fraction of sp³-hybridized carbons (Fsp3) is 0.375. The number of aromatic nitrogens is 1. The first kappa shape index (κ1) is 16.8. The van der Waals surface area contributed by atoms with Crippen LogP contribution in [0.3, 0.4) is 0 Å². The molecule has 0 saturated heterocycles. The lowest BCUT2D eigenvalue weighted by Crippen LogP contribution is -2.37. The number of hydrogen-bond donors (Lipinski definition) is 1. The summed E-state index contributed by atoms with van der Waals surface area (Å²) in [5, 5.41) is 5.90. The van der Waals surface area contributed by atoms with Gasteiger partial charge in [-0.3, -0.25) is 0 Å². The molecule has 4 nitrogen and oxygen atoms in total. The Kier molecular flexibility index (Phi) is 6.74. The lowest BCUT2D eigenvalue weighted by atomic mass is 10.4. The number of thiazole rings is 1. The second-order valence-electron chi connectivity index (χ2n) is 4.95. The van der Waals surface area contributed by atoms with Crippen LogP contribution < -0.4 is 5.32 Å². The first-order valence-electron chi connectivity index (χ1n) is 7.23. The largest absolute Gasteiger partial charge is 0.332 e. The summed E-state index contributed by atoms with van der Waals surface area (Å²) in [5.41, 5.74) is 0.920. The maximum absolute atomic E-state index is 12.0. The Balaban J connectivity index is 1.62. The van der Waals surface area contributed by atoms with Gasteiger partial charge in [0.2, 0.25) is 0 Å². The van der Waals surface area contributed by atoms with Crippen molar-refractivity contribution in [2.24, 2.45) is 0 Å². The zero-order valence-corrected chi connectivity index (χ0v) is 14.5. The van der Waals surface area contributed by atoms with Gasteiger partial charge >= 0.3 is 6.03 Å². The minimum Gasteiger partial charge on any atom is -0.332 e. The third-order valence-electron chi connectivity index (χ3n) is 3.08. The maximum atomic E-state index is 12.0. The zero-order valence-electron chi connectivity index (χ0n) is 12.9. The molecular weight excluding hydrogens is 314 g/mol. The third kappa shape index (κ3) is 5.69. The van der Waals surface area contributed by atoms with Crippen LogP contribution in [0.25, 0.3) is 0 Å². The topological polar surface area (TPSA) is 45.2 Å². The van der Waals surface area contributed by atoms with Crippen molar-refractivity contribution < 1.29 is 4.79 Å². The van der Waals surface area contributed by atoms with Crippen molar-refractivity contribution in [2.45, 2.75) is 24.8 Å². The van der Waals surface area contributed by atoms with Crippen molar-refractivity contribution in [3.8, 4) is 0 Å². The summed E-state index contributed by atoms with van der Waals surface area (Å²) in [5.74, 6) is 1.01. The van der Waals surface area contributed by atoms with E-state index in [0.717, 1.165) is 29.4 Å². The van der Waals surface area contributed by atoms with E-state index in [9.17, 15) is 4.79 Å². The van der Waals surface area contributed by atoms with Gasteiger partial charge in [0.15, 0.2) is 0 Å². The number of rotatable bonds is 7. The monoisotopic (exact) mass is 335 g/mol. The highest BCUT2D eigenvalue weighted by Gasteiger charge is 2.08. The molecule has 2 rings (SSSR count). The molecule has 0 aliphatic heterocycles. The van der Waals surface area contributed by atoms with E-state index in [0.29, 0.717) is 6.54 Å². The smallest absolute Gasteiger partial charge is 0.317 e. The number of urea groups is 1. The number of carbonyl (C=O) groups is 1. The Labute approximate surface area is 139 Å². The molecule has 2 aromatic rings. The van der Waals surface area contributed by atoms with Gasteiger partial charge in [-0.2, -0.15) is 0 Å². The summed E-state index contributed by atoms with van der Waals surface area (Å²) in [7, 11) is 1.83. The lowest BCUT2D eigenvalue weighted by Gasteiger charge is -2.17. The zero-order chi connectivity index (χ0) is 15.8. The molecule has 0 aliphatic rings. The SMILES string of the molecule is Cc1nc(CNC(=O)N(C)CCCSc2ccccc2)cs1. The molecule has 6 heteroatoms. The molecule has 1 aromatic heterocycles. The summed E-state index contributed by atoms with van der Waals surface area (Å²) in [4.78, 5) is 19.3. The molecule has 22 heavy (non-hydrogen) atoms. The number of thioether (sulfide) groups is 1. The van der Waals surface area contributed by atoms with Crippen LogP contribution in [0.5, 0.6) is 0 Å². The second kappa shape index (κ2) is 8.80. The minimum absolute atomic E-state index is 0.0460. The normalized spacial score (nSPS) is 10.5. The van der Waals surface area contributed by atoms with Crippen LogP contribution in [0, 0.1) is 6.92 Å². The average Bonchev–Trinajstić information content (AvgIpc) is 2.95. The Morgan fingerprint density at radius 1 is 1.36 bits per heavy atom. The predicted molar refractivity (Wildman–Crippen MR) is 93.5 cm³/mol. The quantitative estimate of drug-likeness (QED) is 0.619. The molecule has 1 heterocycles. The average molecular weight is 335 g/mol. The summed E-state index contributed by atoms with van der Waals surface area (Å²) in [6, 6.07) is 10.3. The molecule has 0 radical (unpaired) electrons. The summed E-state index contributed by atoms with van der Waals surface area (Å²) >= 11 is 3.42. The van der Waals surface area contributed by atoms with Crippen LogP contribution in [0.4, 0.5) is 4.79 Å². The van der Waals surface area contributed by atoms with Crippen molar-refractivity contribution in [1.82, 2.24) is 15.2 Å². The lowest BCUT2D eigenvalue weighted by molar-refractivity contribution is 0.208. The van der Waals surface area contributed by atoms with E-state index >= 15 is 0 Å². The number of nitrogens with zero attached hydrogens (tertiary/aromatic N) is 2. The molecule has 118 valence electrons. The van der Waals surface area contributed by atoms with Crippen molar-refractivity contribution in [3.63, 3.8) is 0 Å². The van der Waals surface area contributed by atoms with E-state index < -0.39 is 0 Å². The van der Waals surface area contributed by atoms with Crippen LogP contribution in [-0.4, -0.2) is 35.3 Å². The Morgan fingerprint density at radius 2 is 2.14 bits per heavy atom. The van der Waals surface area contributed by atoms with Gasteiger partial charge in [0.1, 0.15) is 0 Å². The number of nitrogens with one attached hydrogen (secondary N) is 1. The molecule has 0 spiro atoms. The Hall–Kier alpha value is -1.53. The van der Waals surface area contributed by atoms with Gasteiger partial charge in [-0.25, -0.2) is 9.78 Å².